The molecule has 2 aliphatic carbocycles. The summed E-state index contributed by atoms with van der Waals surface area (Å²) in [7, 11) is 0. The zero-order valence-corrected chi connectivity index (χ0v) is 19.0. The lowest BCUT2D eigenvalue weighted by Gasteiger charge is -2.35. The number of ether oxygens (including phenoxy) is 1. The van der Waals surface area contributed by atoms with Crippen LogP contribution in [0.1, 0.15) is 29.9 Å². The quantitative estimate of drug-likeness (QED) is 0.655. The van der Waals surface area contributed by atoms with Crippen molar-refractivity contribution >= 4 is 18.0 Å². The third-order valence-corrected chi connectivity index (χ3v) is 7.24. The zero-order chi connectivity index (χ0) is 23.7. The Morgan fingerprint density at radius 2 is 1.53 bits per heavy atom. The van der Waals surface area contributed by atoms with Crippen LogP contribution in [0.15, 0.2) is 48.5 Å². The van der Waals surface area contributed by atoms with E-state index in [-0.39, 0.29) is 31.5 Å². The normalized spacial score (nSPS) is 18.6. The zero-order valence-electron chi connectivity index (χ0n) is 19.0. The van der Waals surface area contributed by atoms with Gasteiger partial charge in [0.15, 0.2) is 0 Å². The molecule has 1 saturated heterocycles. The molecule has 0 spiro atoms. The van der Waals surface area contributed by atoms with E-state index < -0.39 is 17.5 Å². The number of nitrogens with zero attached hydrogens (tertiary/aromatic N) is 2. The van der Waals surface area contributed by atoms with Gasteiger partial charge in [0.1, 0.15) is 6.61 Å². The Kier molecular flexibility index (Phi) is 6.00. The van der Waals surface area contributed by atoms with Crippen molar-refractivity contribution in [2.24, 2.45) is 5.41 Å². The highest BCUT2D eigenvalue weighted by Crippen LogP contribution is 2.47. The number of carboxylic acid groups (broad SMARTS) is 1. The van der Waals surface area contributed by atoms with Crippen molar-refractivity contribution in [3.63, 3.8) is 0 Å². The number of nitrogens with one attached hydrogen (secondary N) is 1. The molecule has 1 heterocycles. The average molecular weight is 464 g/mol. The van der Waals surface area contributed by atoms with Crippen molar-refractivity contribution in [2.75, 3.05) is 45.9 Å². The molecule has 1 aliphatic heterocycles. The van der Waals surface area contributed by atoms with E-state index in [0.717, 1.165) is 24.0 Å². The fourth-order valence-electron chi connectivity index (χ4n) is 5.14. The molecule has 0 bridgehead atoms. The Morgan fingerprint density at radius 1 is 0.941 bits per heavy atom. The molecule has 1 saturated carbocycles. The molecule has 0 aromatic heterocycles. The molecule has 5 rings (SSSR count). The van der Waals surface area contributed by atoms with Gasteiger partial charge in [-0.25, -0.2) is 4.79 Å². The number of hydrogen-bond donors (Lipinski definition) is 2. The fraction of sp³-hybridized carbons (Fsp3) is 0.423. The first kappa shape index (κ1) is 22.4. The maximum absolute atomic E-state index is 13.1. The first-order chi connectivity index (χ1) is 16.5. The van der Waals surface area contributed by atoms with Crippen LogP contribution < -0.4 is 5.32 Å². The molecular formula is C26H29N3O5. The van der Waals surface area contributed by atoms with E-state index >= 15 is 0 Å². The fourth-order valence-corrected chi connectivity index (χ4v) is 5.14. The molecule has 2 aromatic rings. The molecule has 2 fully saturated rings. The van der Waals surface area contributed by atoms with Crippen LogP contribution in [0.4, 0.5) is 4.79 Å². The molecular weight excluding hydrogens is 434 g/mol. The number of carbonyl (C=O) groups excluding carboxylic acids is 2. The SMILES string of the molecule is O=C(O)CN1CCN(C(=O)C2(CNC(=O)OCC3c4ccccc4-c4ccccc43)CC2)CC1. The standard InChI is InChI=1S/C26H29N3O5/c30-23(31)15-28-11-13-29(14-12-28)24(32)26(9-10-26)17-27-25(33)34-16-22-20-7-3-1-5-18(20)19-6-2-4-8-21(19)22/h1-8,22H,9-17H2,(H,27,33)(H,30,31). The minimum Gasteiger partial charge on any atom is -0.480 e. The van der Waals surface area contributed by atoms with Crippen molar-refractivity contribution in [3.8, 4) is 11.1 Å². The highest BCUT2D eigenvalue weighted by molar-refractivity contribution is 5.86. The van der Waals surface area contributed by atoms with Crippen LogP contribution in [-0.4, -0.2) is 78.8 Å². The Balaban J connectivity index is 1.13. The first-order valence-electron chi connectivity index (χ1n) is 11.8. The van der Waals surface area contributed by atoms with Gasteiger partial charge in [0.05, 0.1) is 12.0 Å². The summed E-state index contributed by atoms with van der Waals surface area (Å²) in [6.45, 7) is 2.63. The van der Waals surface area contributed by atoms with Crippen LogP contribution in [-0.2, 0) is 14.3 Å². The van der Waals surface area contributed by atoms with Crippen LogP contribution in [0, 0.1) is 5.41 Å². The molecule has 0 radical (unpaired) electrons. The summed E-state index contributed by atoms with van der Waals surface area (Å²) < 4.78 is 5.60. The number of fused-ring (bicyclic) bond motifs is 3. The third kappa shape index (κ3) is 4.37. The van der Waals surface area contributed by atoms with Crippen LogP contribution in [0.5, 0.6) is 0 Å². The number of aliphatic carboxylic acids is 1. The van der Waals surface area contributed by atoms with Gasteiger partial charge in [0.2, 0.25) is 5.91 Å². The van der Waals surface area contributed by atoms with Crippen LogP contribution in [0.3, 0.4) is 0 Å². The first-order valence-corrected chi connectivity index (χ1v) is 11.8. The van der Waals surface area contributed by atoms with E-state index in [1.54, 1.807) is 4.90 Å². The van der Waals surface area contributed by atoms with Gasteiger partial charge in [-0.1, -0.05) is 48.5 Å². The van der Waals surface area contributed by atoms with Crippen molar-refractivity contribution in [1.29, 1.82) is 0 Å². The Morgan fingerprint density at radius 3 is 2.09 bits per heavy atom. The van der Waals surface area contributed by atoms with Crippen LogP contribution in [0.2, 0.25) is 0 Å². The topological polar surface area (TPSA) is 99.2 Å². The van der Waals surface area contributed by atoms with E-state index in [4.69, 9.17) is 9.84 Å². The summed E-state index contributed by atoms with van der Waals surface area (Å²) >= 11 is 0. The van der Waals surface area contributed by atoms with Crippen molar-refractivity contribution in [1.82, 2.24) is 15.1 Å². The lowest BCUT2D eigenvalue weighted by atomic mass is 9.98. The van der Waals surface area contributed by atoms with E-state index in [1.165, 1.54) is 11.1 Å². The molecule has 8 heteroatoms. The minimum absolute atomic E-state index is 0.00300. The highest BCUT2D eigenvalue weighted by atomic mass is 16.5. The predicted molar refractivity (Wildman–Crippen MR) is 125 cm³/mol. The summed E-state index contributed by atoms with van der Waals surface area (Å²) in [5.41, 5.74) is 4.12. The molecule has 178 valence electrons. The van der Waals surface area contributed by atoms with Gasteiger partial charge in [-0.15, -0.1) is 0 Å². The number of alkyl carbamates (subject to hydrolysis) is 1. The maximum atomic E-state index is 13.1. The summed E-state index contributed by atoms with van der Waals surface area (Å²) in [6.07, 6.45) is 0.975. The Labute approximate surface area is 198 Å². The number of carbonyl (C=O) groups is 3. The maximum Gasteiger partial charge on any atom is 0.407 e. The van der Waals surface area contributed by atoms with Crippen molar-refractivity contribution < 1.29 is 24.2 Å². The number of carboxylic acids is 1. The van der Waals surface area contributed by atoms with Gasteiger partial charge in [0, 0.05) is 38.6 Å². The summed E-state index contributed by atoms with van der Waals surface area (Å²) in [5, 5.41) is 11.8. The number of hydrogen-bond acceptors (Lipinski definition) is 5. The van der Waals surface area contributed by atoms with Crippen LogP contribution >= 0.6 is 0 Å². The number of amides is 2. The Hall–Kier alpha value is -3.39. The van der Waals surface area contributed by atoms with Gasteiger partial charge in [0.25, 0.3) is 0 Å². The van der Waals surface area contributed by atoms with Crippen molar-refractivity contribution in [3.05, 3.63) is 59.7 Å². The molecule has 3 aliphatic rings. The molecule has 2 N–H and O–H groups in total. The summed E-state index contributed by atoms with van der Waals surface area (Å²) in [6, 6.07) is 16.4. The molecule has 0 unspecified atom stereocenters. The van der Waals surface area contributed by atoms with Crippen molar-refractivity contribution in [2.45, 2.75) is 18.8 Å². The predicted octanol–water partition coefficient (Wildman–Crippen LogP) is 2.53. The van der Waals surface area contributed by atoms with Gasteiger partial charge in [-0.2, -0.15) is 0 Å². The van der Waals surface area contributed by atoms with E-state index in [2.05, 4.69) is 29.6 Å². The van der Waals surface area contributed by atoms with Gasteiger partial charge in [-0.05, 0) is 35.1 Å². The number of rotatable bonds is 7. The van der Waals surface area contributed by atoms with E-state index in [1.807, 2.05) is 29.2 Å². The lowest BCUT2D eigenvalue weighted by molar-refractivity contribution is -0.141. The second-order valence-corrected chi connectivity index (χ2v) is 9.42. The number of benzene rings is 2. The molecule has 2 aromatic carbocycles. The van der Waals surface area contributed by atoms with E-state index in [0.29, 0.717) is 26.2 Å². The number of piperazine rings is 1. The van der Waals surface area contributed by atoms with Crippen LogP contribution in [0.25, 0.3) is 11.1 Å². The summed E-state index contributed by atoms with van der Waals surface area (Å²) in [4.78, 5) is 40.1. The lowest BCUT2D eigenvalue weighted by Crippen LogP contribution is -2.53. The average Bonchev–Trinajstić information content (AvgIpc) is 3.58. The second kappa shape index (κ2) is 9.10. The second-order valence-electron chi connectivity index (χ2n) is 9.42. The van der Waals surface area contributed by atoms with Gasteiger partial charge >= 0.3 is 12.1 Å². The van der Waals surface area contributed by atoms with Gasteiger partial charge < -0.3 is 20.1 Å². The van der Waals surface area contributed by atoms with Gasteiger partial charge in [-0.3, -0.25) is 14.5 Å². The monoisotopic (exact) mass is 463 g/mol. The molecule has 0 atom stereocenters. The molecule has 8 nitrogen and oxygen atoms in total. The highest BCUT2D eigenvalue weighted by Gasteiger charge is 2.52. The Bertz CT molecular complexity index is 1060. The molecule has 34 heavy (non-hydrogen) atoms. The summed E-state index contributed by atoms with van der Waals surface area (Å²) in [5.74, 6) is -0.816. The largest absolute Gasteiger partial charge is 0.480 e. The third-order valence-electron chi connectivity index (χ3n) is 7.24. The smallest absolute Gasteiger partial charge is 0.407 e. The molecule has 2 amide bonds. The van der Waals surface area contributed by atoms with E-state index in [9.17, 15) is 14.4 Å². The minimum atomic E-state index is -0.856.